The van der Waals surface area contributed by atoms with E-state index in [1.54, 1.807) is 0 Å². The van der Waals surface area contributed by atoms with Gasteiger partial charge in [0.25, 0.3) is 0 Å². The van der Waals surface area contributed by atoms with Crippen molar-refractivity contribution < 1.29 is 4.42 Å². The topological polar surface area (TPSA) is 21.3 Å². The van der Waals surface area contributed by atoms with Crippen molar-refractivity contribution in [1.82, 2.24) is 4.57 Å². The van der Waals surface area contributed by atoms with Crippen molar-refractivity contribution in [2.24, 2.45) is 0 Å². The molecule has 0 spiro atoms. The van der Waals surface area contributed by atoms with E-state index in [0.29, 0.717) is 0 Å². The first-order valence-corrected chi connectivity index (χ1v) is 23.7. The van der Waals surface area contributed by atoms with Gasteiger partial charge in [-0.1, -0.05) is 176 Å². The molecule has 0 N–H and O–H groups in total. The van der Waals surface area contributed by atoms with Crippen LogP contribution in [0.1, 0.15) is 0 Å². The minimum absolute atomic E-state index is 0.891. The summed E-state index contributed by atoms with van der Waals surface area (Å²) >= 11 is 0. The number of para-hydroxylation sites is 3. The van der Waals surface area contributed by atoms with Gasteiger partial charge in [-0.15, -0.1) is 0 Å². The average Bonchev–Trinajstić information content (AvgIpc) is 3.97. The summed E-state index contributed by atoms with van der Waals surface area (Å²) in [7, 11) is 0. The standard InChI is InChI=1S/C66H42N2O/c1-4-19-53-45(14-1)32-39-60-59-38-33-47(42-65(59)69-66(53)60)44-30-36-50(37-31-44)67(62-25-10-9-24-58(62)61-41-48-15-2-3-18-52(48)54-20-5-6-21-55(54)61)49-34-28-43(29-35-49)46-16-13-17-51(40-46)68-63-26-11-7-22-56(63)57-23-8-12-27-64(57)68/h1-42H. The molecule has 2 heterocycles. The zero-order valence-corrected chi connectivity index (χ0v) is 37.6. The van der Waals surface area contributed by atoms with E-state index in [2.05, 4.69) is 264 Å². The molecule has 0 saturated carbocycles. The molecule has 322 valence electrons. The van der Waals surface area contributed by atoms with Gasteiger partial charge in [0, 0.05) is 49.6 Å². The molecule has 0 aliphatic carbocycles. The van der Waals surface area contributed by atoms with Gasteiger partial charge in [0.2, 0.25) is 0 Å². The molecular formula is C66H42N2O. The summed E-state index contributed by atoms with van der Waals surface area (Å²) in [5.41, 5.74) is 15.5. The molecule has 14 aromatic rings. The fourth-order valence-corrected chi connectivity index (χ4v) is 10.9. The van der Waals surface area contributed by atoms with E-state index >= 15 is 0 Å². The number of furan rings is 1. The first-order valence-electron chi connectivity index (χ1n) is 23.7. The largest absolute Gasteiger partial charge is 0.455 e. The number of anilines is 3. The lowest BCUT2D eigenvalue weighted by atomic mass is 9.92. The zero-order valence-electron chi connectivity index (χ0n) is 37.6. The van der Waals surface area contributed by atoms with E-state index in [9.17, 15) is 0 Å². The third kappa shape index (κ3) is 6.36. The van der Waals surface area contributed by atoms with Crippen LogP contribution in [-0.2, 0) is 0 Å². The van der Waals surface area contributed by atoms with Crippen LogP contribution in [0.4, 0.5) is 17.1 Å². The molecule has 14 rings (SSSR count). The quantitative estimate of drug-likeness (QED) is 0.149. The third-order valence-electron chi connectivity index (χ3n) is 14.2. The van der Waals surface area contributed by atoms with Gasteiger partial charge in [0.15, 0.2) is 0 Å². The molecule has 0 aliphatic rings. The van der Waals surface area contributed by atoms with Gasteiger partial charge in [0.05, 0.1) is 16.7 Å². The van der Waals surface area contributed by atoms with Gasteiger partial charge in [-0.25, -0.2) is 0 Å². The molecule has 0 amide bonds. The van der Waals surface area contributed by atoms with Crippen molar-refractivity contribution in [3.63, 3.8) is 0 Å². The lowest BCUT2D eigenvalue weighted by Gasteiger charge is -2.28. The van der Waals surface area contributed by atoms with Crippen LogP contribution in [0.15, 0.2) is 259 Å². The van der Waals surface area contributed by atoms with Gasteiger partial charge < -0.3 is 13.9 Å². The molecule has 0 aliphatic heterocycles. The summed E-state index contributed by atoms with van der Waals surface area (Å²) in [5, 5.41) is 12.1. The maximum absolute atomic E-state index is 6.61. The molecule has 69 heavy (non-hydrogen) atoms. The molecule has 0 bridgehead atoms. The van der Waals surface area contributed by atoms with E-state index < -0.39 is 0 Å². The van der Waals surface area contributed by atoms with E-state index in [1.165, 1.54) is 54.3 Å². The summed E-state index contributed by atoms with van der Waals surface area (Å²) in [5.74, 6) is 0. The Morgan fingerprint density at radius 2 is 0.855 bits per heavy atom. The van der Waals surface area contributed by atoms with Gasteiger partial charge in [-0.05, 0) is 134 Å². The molecule has 0 atom stereocenters. The normalized spacial score (nSPS) is 11.8. The number of rotatable bonds is 7. The second kappa shape index (κ2) is 15.7. The van der Waals surface area contributed by atoms with Crippen LogP contribution in [0.25, 0.3) is 115 Å². The minimum atomic E-state index is 0.891. The Bertz CT molecular complexity index is 4260. The monoisotopic (exact) mass is 878 g/mol. The lowest BCUT2D eigenvalue weighted by Crippen LogP contribution is -2.11. The first kappa shape index (κ1) is 39.0. The third-order valence-corrected chi connectivity index (χ3v) is 14.2. The molecule has 3 nitrogen and oxygen atoms in total. The van der Waals surface area contributed by atoms with E-state index in [1.807, 2.05) is 0 Å². The van der Waals surface area contributed by atoms with Crippen molar-refractivity contribution in [2.45, 2.75) is 0 Å². The Labute approximate surface area is 399 Å². The van der Waals surface area contributed by atoms with Crippen molar-refractivity contribution in [3.8, 4) is 39.1 Å². The van der Waals surface area contributed by atoms with Gasteiger partial charge >= 0.3 is 0 Å². The van der Waals surface area contributed by atoms with Crippen LogP contribution < -0.4 is 4.90 Å². The molecule has 3 heteroatoms. The number of benzene rings is 12. The van der Waals surface area contributed by atoms with Crippen LogP contribution in [0.2, 0.25) is 0 Å². The Kier molecular flexibility index (Phi) is 8.90. The SMILES string of the molecule is c1cc(-c2ccc(N(c3ccc(-c4ccc5c(c4)oc4c6ccccc6ccc54)cc3)c3ccccc3-c3cc4ccccc4c4ccccc34)cc2)cc(-n2c3ccccc3c3ccccc32)c1. The number of nitrogens with zero attached hydrogens (tertiary/aromatic N) is 2. The highest BCUT2D eigenvalue weighted by atomic mass is 16.3. The van der Waals surface area contributed by atoms with Crippen molar-refractivity contribution in [3.05, 3.63) is 255 Å². The molecular weight excluding hydrogens is 837 g/mol. The minimum Gasteiger partial charge on any atom is -0.455 e. The fraction of sp³-hybridized carbons (Fsp3) is 0. The van der Waals surface area contributed by atoms with Crippen molar-refractivity contribution in [1.29, 1.82) is 0 Å². The second-order valence-electron chi connectivity index (χ2n) is 18.0. The highest BCUT2D eigenvalue weighted by Gasteiger charge is 2.21. The fourth-order valence-electron chi connectivity index (χ4n) is 10.9. The Morgan fingerprint density at radius 1 is 0.304 bits per heavy atom. The molecule has 0 saturated heterocycles. The number of fused-ring (bicyclic) bond motifs is 11. The number of aromatic nitrogens is 1. The van der Waals surface area contributed by atoms with E-state index in [0.717, 1.165) is 77.9 Å². The Morgan fingerprint density at radius 3 is 1.58 bits per heavy atom. The summed E-state index contributed by atoms with van der Waals surface area (Å²) in [6, 6.07) is 92.5. The van der Waals surface area contributed by atoms with E-state index in [4.69, 9.17) is 4.42 Å². The highest BCUT2D eigenvalue weighted by molar-refractivity contribution is 6.17. The predicted molar refractivity (Wildman–Crippen MR) is 292 cm³/mol. The summed E-state index contributed by atoms with van der Waals surface area (Å²) < 4.78 is 9.00. The van der Waals surface area contributed by atoms with Gasteiger partial charge in [0.1, 0.15) is 11.2 Å². The van der Waals surface area contributed by atoms with Crippen LogP contribution in [0, 0.1) is 0 Å². The second-order valence-corrected chi connectivity index (χ2v) is 18.0. The maximum Gasteiger partial charge on any atom is 0.143 e. The van der Waals surface area contributed by atoms with E-state index in [-0.39, 0.29) is 0 Å². The summed E-state index contributed by atoms with van der Waals surface area (Å²) in [6.45, 7) is 0. The lowest BCUT2D eigenvalue weighted by molar-refractivity contribution is 0.673. The molecule has 12 aromatic carbocycles. The predicted octanol–water partition coefficient (Wildman–Crippen LogP) is 18.6. The molecule has 2 aromatic heterocycles. The first-order chi connectivity index (χ1) is 34.2. The Hall–Kier alpha value is -9.18. The highest BCUT2D eigenvalue weighted by Crippen LogP contribution is 2.45. The molecule has 0 radical (unpaired) electrons. The smallest absolute Gasteiger partial charge is 0.143 e. The Balaban J connectivity index is 0.892. The molecule has 0 unspecified atom stereocenters. The van der Waals surface area contributed by atoms with Crippen LogP contribution >= 0.6 is 0 Å². The van der Waals surface area contributed by atoms with Gasteiger partial charge in [-0.3, -0.25) is 0 Å². The average molecular weight is 879 g/mol. The van der Waals surface area contributed by atoms with Crippen molar-refractivity contribution in [2.75, 3.05) is 4.90 Å². The van der Waals surface area contributed by atoms with Crippen LogP contribution in [0.5, 0.6) is 0 Å². The van der Waals surface area contributed by atoms with Crippen molar-refractivity contribution >= 4 is 93.1 Å². The number of hydrogen-bond donors (Lipinski definition) is 0. The number of hydrogen-bond acceptors (Lipinski definition) is 2. The van der Waals surface area contributed by atoms with Crippen LogP contribution in [-0.4, -0.2) is 4.57 Å². The zero-order chi connectivity index (χ0) is 45.4. The van der Waals surface area contributed by atoms with Crippen LogP contribution in [0.3, 0.4) is 0 Å². The maximum atomic E-state index is 6.61. The molecule has 0 fully saturated rings. The summed E-state index contributed by atoms with van der Waals surface area (Å²) in [4.78, 5) is 2.41. The van der Waals surface area contributed by atoms with Gasteiger partial charge in [-0.2, -0.15) is 0 Å². The summed E-state index contributed by atoms with van der Waals surface area (Å²) in [6.07, 6.45) is 0.